The van der Waals surface area contributed by atoms with Gasteiger partial charge in [0.25, 0.3) is 0 Å². The molecule has 0 fully saturated rings. The van der Waals surface area contributed by atoms with Crippen LogP contribution in [0.25, 0.3) is 67.3 Å². The fourth-order valence-corrected chi connectivity index (χ4v) is 8.06. The number of nitrogens with zero attached hydrogens (tertiary/aromatic N) is 6. The maximum atomic E-state index is 8.89. The summed E-state index contributed by atoms with van der Waals surface area (Å²) in [5, 5.41) is 35.6. The third kappa shape index (κ3) is 34.1. The van der Waals surface area contributed by atoms with E-state index in [1.807, 2.05) is 48.5 Å². The quantitative estimate of drug-likeness (QED) is 0.0402. The number of carboxylic acid groups (broad SMARTS) is 4. The van der Waals surface area contributed by atoms with Gasteiger partial charge in [0, 0.05) is 95.7 Å². The van der Waals surface area contributed by atoms with Crippen molar-refractivity contribution in [2.24, 2.45) is 0 Å². The maximum Gasteiger partial charge on any atom is 2.00 e. The molecule has 0 saturated carbocycles. The van der Waals surface area contributed by atoms with Gasteiger partial charge in [-0.15, -0.1) is 0 Å². The monoisotopic (exact) mass is 1270 g/mol. The zero-order valence-corrected chi connectivity index (χ0v) is 56.6. The summed E-state index contributed by atoms with van der Waals surface area (Å²) in [7, 11) is 0. The number of hydrogen-bond donors (Lipinski definition) is 0. The van der Waals surface area contributed by atoms with Gasteiger partial charge in [-0.2, -0.15) is 0 Å². The Bertz CT molecular complexity index is 2730. The smallest absolute Gasteiger partial charge is 0.550 e. The third-order valence-electron chi connectivity index (χ3n) is 12.0. The van der Waals surface area contributed by atoms with Crippen molar-refractivity contribution in [1.29, 1.82) is 0 Å². The first-order chi connectivity index (χ1) is 40.6. The minimum atomic E-state index is -1.08. The first kappa shape index (κ1) is 76.1. The van der Waals surface area contributed by atoms with E-state index in [9.17, 15) is 0 Å². The Kier molecular flexibility index (Phi) is 41.0. The van der Waals surface area contributed by atoms with E-state index in [0.29, 0.717) is 0 Å². The second-order valence-corrected chi connectivity index (χ2v) is 19.2. The molecule has 0 aliphatic carbocycles. The summed E-state index contributed by atoms with van der Waals surface area (Å²) in [6, 6.07) is 41.2. The molecule has 8 aromatic rings. The van der Waals surface area contributed by atoms with E-state index >= 15 is 0 Å². The van der Waals surface area contributed by atoms with E-state index in [4.69, 9.17) is 59.0 Å². The molecule has 6 aromatic heterocycles. The Morgan fingerprint density at radius 2 is 0.523 bits per heavy atom. The average molecular weight is 1270 g/mol. The van der Waals surface area contributed by atoms with Crippen LogP contribution < -0.4 is 29.9 Å². The van der Waals surface area contributed by atoms with Gasteiger partial charge in [-0.1, -0.05) is 115 Å². The van der Waals surface area contributed by atoms with Crippen molar-refractivity contribution < 1.29 is 88.0 Å². The van der Waals surface area contributed by atoms with Crippen molar-refractivity contribution in [3.05, 3.63) is 171 Å². The molecule has 6 heterocycles. The van der Waals surface area contributed by atoms with E-state index in [-0.39, 0.29) is 39.0 Å². The number of carboxylic acids is 4. The van der Waals surface area contributed by atoms with Gasteiger partial charge in [-0.25, -0.2) is 9.97 Å². The van der Waals surface area contributed by atoms with Crippen LogP contribution in [0.5, 0.6) is 11.5 Å². The fourth-order valence-electron chi connectivity index (χ4n) is 8.06. The van der Waals surface area contributed by atoms with Crippen LogP contribution in [0, 0.1) is 0 Å². The van der Waals surface area contributed by atoms with Crippen LogP contribution in [0.3, 0.4) is 0 Å². The molecule has 16 nitrogen and oxygen atoms in total. The van der Waals surface area contributed by atoms with Gasteiger partial charge in [-0.05, 0) is 160 Å². The van der Waals surface area contributed by atoms with Gasteiger partial charge in [0.05, 0.1) is 36.0 Å². The molecule has 0 bridgehead atoms. The van der Waals surface area contributed by atoms with E-state index in [0.717, 1.165) is 133 Å². The topological polar surface area (TPSA) is 256 Å². The minimum absolute atomic E-state index is 0. The Balaban J connectivity index is 0.000000675. The van der Waals surface area contributed by atoms with Crippen LogP contribution in [0.1, 0.15) is 131 Å². The predicted octanol–water partition coefficient (Wildman–Crippen LogP) is 11.0. The first-order valence-corrected chi connectivity index (χ1v) is 28.4. The molecule has 0 radical (unpaired) electrons. The SMILES string of the molecule is CC(=O)[O-].CC(=O)[O-].CC(=O)[O-].CC(=O)[O-].CCCCCCCCCOc1ccc(-c2cc(-c3ccncc3)nc(-c3ccncc3)c2)cc1.CCCCCCCCCOc1ccc(-c2cc(-c3ccncc3)nc(-c3ccncc3)c2)cc1.[Zn+2].[Zn+2]. The number of hydrogen-bond acceptors (Lipinski definition) is 16. The second-order valence-electron chi connectivity index (χ2n) is 19.2. The molecule has 0 aliphatic heterocycles. The van der Waals surface area contributed by atoms with Gasteiger partial charge >= 0.3 is 39.0 Å². The largest absolute Gasteiger partial charge is 2.00 e. The number of carbonyl (C=O) groups excluding carboxylic acids is 4. The van der Waals surface area contributed by atoms with Crippen molar-refractivity contribution in [3.63, 3.8) is 0 Å². The zero-order chi connectivity index (χ0) is 61.2. The summed E-state index contributed by atoms with van der Waals surface area (Å²) in [5.41, 5.74) is 12.4. The summed E-state index contributed by atoms with van der Waals surface area (Å²) in [5.74, 6) is -2.49. The number of aliphatic carboxylic acids is 4. The van der Waals surface area contributed by atoms with Crippen LogP contribution in [-0.4, -0.2) is 67.0 Å². The normalized spacial score (nSPS) is 9.74. The van der Waals surface area contributed by atoms with E-state index < -0.39 is 23.9 Å². The number of benzene rings is 2. The number of pyridine rings is 6. The maximum absolute atomic E-state index is 8.89. The van der Waals surface area contributed by atoms with Crippen molar-refractivity contribution in [3.8, 4) is 78.8 Å². The van der Waals surface area contributed by atoms with Gasteiger partial charge < -0.3 is 49.1 Å². The van der Waals surface area contributed by atoms with Crippen molar-refractivity contribution >= 4 is 23.9 Å². The zero-order valence-electron chi connectivity index (χ0n) is 50.7. The molecule has 8 rings (SSSR count). The molecular formula is C68H78N6O10Zn2. The summed E-state index contributed by atoms with van der Waals surface area (Å²) < 4.78 is 12.0. The Labute approximate surface area is 532 Å². The van der Waals surface area contributed by atoms with Crippen LogP contribution >= 0.6 is 0 Å². The van der Waals surface area contributed by atoms with Crippen LogP contribution in [0.2, 0.25) is 0 Å². The van der Waals surface area contributed by atoms with Crippen LogP contribution in [0.4, 0.5) is 0 Å². The summed E-state index contributed by atoms with van der Waals surface area (Å²) in [6.07, 6.45) is 32.4. The molecule has 18 heteroatoms. The molecule has 0 aliphatic rings. The van der Waals surface area contributed by atoms with E-state index in [2.05, 4.69) is 107 Å². The molecule has 0 atom stereocenters. The molecule has 444 valence electrons. The third-order valence-corrected chi connectivity index (χ3v) is 12.0. The van der Waals surface area contributed by atoms with Crippen molar-refractivity contribution in [2.45, 2.75) is 131 Å². The summed E-state index contributed by atoms with van der Waals surface area (Å²) >= 11 is 0. The average Bonchev–Trinajstić information content (AvgIpc) is 3.58. The molecular weight excluding hydrogens is 1190 g/mol. The fraction of sp³-hybridized carbons (Fsp3) is 0.324. The molecule has 2 aromatic carbocycles. The van der Waals surface area contributed by atoms with Crippen molar-refractivity contribution in [2.75, 3.05) is 13.2 Å². The Morgan fingerprint density at radius 1 is 0.314 bits per heavy atom. The summed E-state index contributed by atoms with van der Waals surface area (Å²) in [4.78, 5) is 62.0. The van der Waals surface area contributed by atoms with Crippen LogP contribution in [-0.2, 0) is 58.1 Å². The molecule has 0 spiro atoms. The van der Waals surface area contributed by atoms with E-state index in [1.54, 1.807) is 49.6 Å². The Hall–Kier alpha value is -7.93. The van der Waals surface area contributed by atoms with Gasteiger partial charge in [0.1, 0.15) is 11.5 Å². The number of aromatic nitrogens is 6. The number of rotatable bonds is 24. The number of ether oxygens (including phenoxy) is 2. The van der Waals surface area contributed by atoms with Gasteiger partial charge in [0.15, 0.2) is 0 Å². The molecule has 0 N–H and O–H groups in total. The van der Waals surface area contributed by atoms with Gasteiger partial charge in [-0.3, -0.25) is 19.9 Å². The Morgan fingerprint density at radius 3 is 0.744 bits per heavy atom. The molecule has 0 saturated heterocycles. The second kappa shape index (κ2) is 46.4. The van der Waals surface area contributed by atoms with Crippen molar-refractivity contribution in [1.82, 2.24) is 29.9 Å². The number of carbonyl (C=O) groups is 4. The summed E-state index contributed by atoms with van der Waals surface area (Å²) in [6.45, 7) is 9.96. The number of unbranched alkanes of at least 4 members (excludes halogenated alkanes) is 12. The molecule has 86 heavy (non-hydrogen) atoms. The predicted molar refractivity (Wildman–Crippen MR) is 322 cm³/mol. The van der Waals surface area contributed by atoms with E-state index in [1.165, 1.54) is 77.0 Å². The minimum Gasteiger partial charge on any atom is -0.550 e. The van der Waals surface area contributed by atoms with Crippen LogP contribution in [0.15, 0.2) is 171 Å². The molecule has 0 unspecified atom stereocenters. The standard InChI is InChI=1S/2C30H33N3O.4C2H4O2.2Zn/c2*1-2-3-4-5-6-7-8-21-34-28-11-9-24(10-12-28)27-22-29(25-13-17-31-18-14-25)33-30(23-27)26-15-19-32-20-16-26;4*1-2(3)4;;/h2*9-20,22-23H,2-8,21H2,1H3;4*1H3,(H,3,4);;/q;;;;;;2*+2/p-4. The first-order valence-electron chi connectivity index (χ1n) is 28.4. The molecule has 0 amide bonds. The van der Waals surface area contributed by atoms with Gasteiger partial charge in [0.2, 0.25) is 0 Å².